The molecular weight excluding hydrogens is 376 g/mol. The van der Waals surface area contributed by atoms with E-state index >= 15 is 0 Å². The number of rotatable bonds is 7. The molecule has 2 heterocycles. The molecule has 2 atom stereocenters. The third-order valence-corrected chi connectivity index (χ3v) is 6.56. The van der Waals surface area contributed by atoms with Gasteiger partial charge in [0, 0.05) is 25.3 Å². The average molecular weight is 398 g/mol. The van der Waals surface area contributed by atoms with Gasteiger partial charge in [-0.15, -0.1) is 0 Å². The van der Waals surface area contributed by atoms with Crippen molar-refractivity contribution >= 4 is 21.4 Å². The summed E-state index contributed by atoms with van der Waals surface area (Å²) in [5.74, 6) is -0.410. The Morgan fingerprint density at radius 2 is 2.11 bits per heavy atom. The van der Waals surface area contributed by atoms with Crippen LogP contribution in [-0.4, -0.2) is 67.6 Å². The lowest BCUT2D eigenvalue weighted by Crippen LogP contribution is -2.47. The number of amides is 1. The number of hydrogen-bond donors (Lipinski definition) is 0. The van der Waals surface area contributed by atoms with Crippen LogP contribution in [-0.2, 0) is 19.4 Å². The van der Waals surface area contributed by atoms with Gasteiger partial charge in [-0.2, -0.15) is 0 Å². The second-order valence-electron chi connectivity index (χ2n) is 6.75. The van der Waals surface area contributed by atoms with Crippen LogP contribution in [0.3, 0.4) is 0 Å². The largest absolute Gasteiger partial charge is 0.477 e. The minimum Gasteiger partial charge on any atom is -0.477 e. The maximum atomic E-state index is 12.8. The standard InChI is InChI=1S/C17H22N2O7S/c20-17(11-26-16-6-2-1-5-15(16)19(21)22)18(10-14-4-3-8-25-14)13-7-9-27(23,24)12-13/h1-2,5-6,13-14H,3-4,7-12H2. The minimum absolute atomic E-state index is 0.00644. The SMILES string of the molecule is O=C(COc1ccccc1[N+](=O)[O-])N(CC1CCCO1)C1CCS(=O)(=O)C1. The van der Waals surface area contributed by atoms with E-state index in [9.17, 15) is 23.3 Å². The van der Waals surface area contributed by atoms with Gasteiger partial charge in [0.1, 0.15) is 0 Å². The second-order valence-corrected chi connectivity index (χ2v) is 8.98. The first-order valence-corrected chi connectivity index (χ1v) is 10.7. The van der Waals surface area contributed by atoms with E-state index in [1.54, 1.807) is 6.07 Å². The number of nitrogens with zero attached hydrogens (tertiary/aromatic N) is 2. The van der Waals surface area contributed by atoms with Crippen molar-refractivity contribution in [2.45, 2.75) is 31.4 Å². The molecule has 2 saturated heterocycles. The van der Waals surface area contributed by atoms with Gasteiger partial charge in [0.2, 0.25) is 0 Å². The lowest BCUT2D eigenvalue weighted by Gasteiger charge is -2.30. The van der Waals surface area contributed by atoms with Gasteiger partial charge in [-0.05, 0) is 25.3 Å². The summed E-state index contributed by atoms with van der Waals surface area (Å²) in [7, 11) is -3.16. The molecular formula is C17H22N2O7S. The van der Waals surface area contributed by atoms with Crippen molar-refractivity contribution < 1.29 is 27.6 Å². The molecule has 2 unspecified atom stereocenters. The third kappa shape index (κ3) is 4.95. The Balaban J connectivity index is 1.70. The van der Waals surface area contributed by atoms with Gasteiger partial charge in [0.15, 0.2) is 22.2 Å². The molecule has 10 heteroatoms. The number of ether oxygens (including phenoxy) is 2. The molecule has 3 rings (SSSR count). The summed E-state index contributed by atoms with van der Waals surface area (Å²) >= 11 is 0. The molecule has 0 bridgehead atoms. The van der Waals surface area contributed by atoms with Crippen LogP contribution in [0.1, 0.15) is 19.3 Å². The highest BCUT2D eigenvalue weighted by molar-refractivity contribution is 7.91. The molecule has 2 aliphatic heterocycles. The number of nitro benzene ring substituents is 1. The van der Waals surface area contributed by atoms with Crippen molar-refractivity contribution in [3.63, 3.8) is 0 Å². The fourth-order valence-electron chi connectivity index (χ4n) is 3.44. The van der Waals surface area contributed by atoms with Crippen molar-refractivity contribution in [2.75, 3.05) is 31.3 Å². The van der Waals surface area contributed by atoms with Crippen molar-refractivity contribution in [3.8, 4) is 5.75 Å². The number of para-hydroxylation sites is 2. The van der Waals surface area contributed by atoms with E-state index in [1.165, 1.54) is 23.1 Å². The van der Waals surface area contributed by atoms with Crippen LogP contribution in [0.15, 0.2) is 24.3 Å². The lowest BCUT2D eigenvalue weighted by molar-refractivity contribution is -0.385. The number of nitro groups is 1. The Labute approximate surface area is 157 Å². The van der Waals surface area contributed by atoms with Crippen LogP contribution >= 0.6 is 0 Å². The molecule has 0 spiro atoms. The van der Waals surface area contributed by atoms with Crippen molar-refractivity contribution in [3.05, 3.63) is 34.4 Å². The Hall–Kier alpha value is -2.20. The van der Waals surface area contributed by atoms with Crippen LogP contribution in [0.2, 0.25) is 0 Å². The van der Waals surface area contributed by atoms with E-state index in [1.807, 2.05) is 0 Å². The highest BCUT2D eigenvalue weighted by Gasteiger charge is 2.36. The molecule has 0 saturated carbocycles. The van der Waals surface area contributed by atoms with Crippen LogP contribution in [0.5, 0.6) is 5.75 Å². The van der Waals surface area contributed by atoms with Gasteiger partial charge in [0.25, 0.3) is 5.91 Å². The highest BCUT2D eigenvalue weighted by Crippen LogP contribution is 2.26. The van der Waals surface area contributed by atoms with E-state index in [0.29, 0.717) is 19.6 Å². The monoisotopic (exact) mass is 398 g/mol. The fraction of sp³-hybridized carbons (Fsp3) is 0.588. The molecule has 1 aromatic rings. The topological polar surface area (TPSA) is 116 Å². The van der Waals surface area contributed by atoms with Crippen LogP contribution < -0.4 is 4.74 Å². The number of carbonyl (C=O) groups is 1. The summed E-state index contributed by atoms with van der Waals surface area (Å²) in [6.45, 7) is 0.537. The Morgan fingerprint density at radius 1 is 1.33 bits per heavy atom. The van der Waals surface area contributed by atoms with Crippen LogP contribution in [0.25, 0.3) is 0 Å². The summed E-state index contributed by atoms with van der Waals surface area (Å²) in [6.07, 6.45) is 1.98. The predicted octanol–water partition coefficient (Wildman–Crippen LogP) is 1.17. The summed E-state index contributed by atoms with van der Waals surface area (Å²) in [5.41, 5.74) is -0.223. The zero-order valence-corrected chi connectivity index (χ0v) is 15.6. The van der Waals surface area contributed by atoms with Gasteiger partial charge in [0.05, 0.1) is 22.5 Å². The Kier molecular flexibility index (Phi) is 5.95. The van der Waals surface area contributed by atoms with Crippen molar-refractivity contribution in [1.29, 1.82) is 0 Å². The quantitative estimate of drug-likeness (QED) is 0.500. The minimum atomic E-state index is -3.16. The zero-order chi connectivity index (χ0) is 19.4. The van der Waals surface area contributed by atoms with Gasteiger partial charge >= 0.3 is 5.69 Å². The molecule has 2 aliphatic rings. The Morgan fingerprint density at radius 3 is 2.74 bits per heavy atom. The maximum absolute atomic E-state index is 12.8. The third-order valence-electron chi connectivity index (χ3n) is 4.81. The first kappa shape index (κ1) is 19.6. The molecule has 0 aliphatic carbocycles. The molecule has 1 aromatic carbocycles. The summed E-state index contributed by atoms with van der Waals surface area (Å²) in [6, 6.07) is 5.41. The van der Waals surface area contributed by atoms with Gasteiger partial charge in [-0.3, -0.25) is 14.9 Å². The van der Waals surface area contributed by atoms with E-state index < -0.39 is 33.3 Å². The zero-order valence-electron chi connectivity index (χ0n) is 14.8. The first-order valence-electron chi connectivity index (χ1n) is 8.83. The molecule has 0 aromatic heterocycles. The molecule has 9 nitrogen and oxygen atoms in total. The first-order chi connectivity index (χ1) is 12.9. The van der Waals surface area contributed by atoms with Gasteiger partial charge in [-0.1, -0.05) is 12.1 Å². The highest BCUT2D eigenvalue weighted by atomic mass is 32.2. The maximum Gasteiger partial charge on any atom is 0.310 e. The smallest absolute Gasteiger partial charge is 0.310 e. The lowest BCUT2D eigenvalue weighted by atomic mass is 10.1. The molecule has 148 valence electrons. The molecule has 1 amide bonds. The van der Waals surface area contributed by atoms with E-state index in [2.05, 4.69) is 0 Å². The van der Waals surface area contributed by atoms with Crippen LogP contribution in [0, 0.1) is 10.1 Å². The number of benzene rings is 1. The van der Waals surface area contributed by atoms with Crippen molar-refractivity contribution in [1.82, 2.24) is 4.90 Å². The van der Waals surface area contributed by atoms with Gasteiger partial charge < -0.3 is 14.4 Å². The summed E-state index contributed by atoms with van der Waals surface area (Å²) < 4.78 is 34.6. The van der Waals surface area contributed by atoms with Gasteiger partial charge in [-0.25, -0.2) is 8.42 Å². The molecule has 27 heavy (non-hydrogen) atoms. The summed E-state index contributed by atoms with van der Waals surface area (Å²) in [4.78, 5) is 24.8. The average Bonchev–Trinajstić information content (AvgIpc) is 3.26. The van der Waals surface area contributed by atoms with E-state index in [0.717, 1.165) is 12.8 Å². The predicted molar refractivity (Wildman–Crippen MR) is 96.3 cm³/mol. The normalized spacial score (nSPS) is 23.9. The molecule has 0 radical (unpaired) electrons. The number of sulfone groups is 1. The van der Waals surface area contributed by atoms with E-state index in [4.69, 9.17) is 9.47 Å². The summed E-state index contributed by atoms with van der Waals surface area (Å²) in [5, 5.41) is 11.1. The van der Waals surface area contributed by atoms with E-state index in [-0.39, 0.29) is 29.0 Å². The Bertz CT molecular complexity index is 805. The fourth-order valence-corrected chi connectivity index (χ4v) is 5.17. The number of carbonyl (C=O) groups excluding carboxylic acids is 1. The number of hydrogen-bond acceptors (Lipinski definition) is 7. The van der Waals surface area contributed by atoms with Crippen LogP contribution in [0.4, 0.5) is 5.69 Å². The molecule has 2 fully saturated rings. The van der Waals surface area contributed by atoms with Crippen molar-refractivity contribution in [2.24, 2.45) is 0 Å². The second kappa shape index (κ2) is 8.22. The molecule has 0 N–H and O–H groups in total.